The van der Waals surface area contributed by atoms with Crippen LogP contribution in [0.5, 0.6) is 0 Å². The van der Waals surface area contributed by atoms with Crippen LogP contribution in [0.15, 0.2) is 0 Å². The van der Waals surface area contributed by atoms with E-state index in [0.29, 0.717) is 5.41 Å². The van der Waals surface area contributed by atoms with Gasteiger partial charge in [0.25, 0.3) is 0 Å². The summed E-state index contributed by atoms with van der Waals surface area (Å²) in [5.41, 5.74) is 0.603. The second-order valence-corrected chi connectivity index (χ2v) is 10.9. The fourth-order valence-corrected chi connectivity index (χ4v) is 6.36. The molecule has 0 aromatic carbocycles. The van der Waals surface area contributed by atoms with Crippen molar-refractivity contribution >= 4 is 20.2 Å². The summed E-state index contributed by atoms with van der Waals surface area (Å²) in [6.45, 7) is 6.99. The molecule has 0 heterocycles. The van der Waals surface area contributed by atoms with Crippen molar-refractivity contribution < 1.29 is 0 Å². The van der Waals surface area contributed by atoms with Crippen LogP contribution >= 0.6 is 0 Å². The van der Waals surface area contributed by atoms with E-state index in [1.807, 2.05) is 0 Å². The molecule has 0 saturated heterocycles. The monoisotopic (exact) mass is 222 g/mol. The first-order valence-electron chi connectivity index (χ1n) is 3.06. The number of hydrogen-bond donors (Lipinski definition) is 0. The Hall–Kier alpha value is 0.818. The molecule has 0 aliphatic heterocycles. The summed E-state index contributed by atoms with van der Waals surface area (Å²) in [5.74, 6) is 0. The summed E-state index contributed by atoms with van der Waals surface area (Å²) in [4.78, 5) is 4.90. The van der Waals surface area contributed by atoms with Gasteiger partial charge in [0.1, 0.15) is 0 Å². The molecule has 0 bridgehead atoms. The van der Waals surface area contributed by atoms with Gasteiger partial charge < -0.3 is 0 Å². The van der Waals surface area contributed by atoms with E-state index in [-0.39, 0.29) is 0 Å². The molecule has 1 heteroatoms. The molecule has 0 aromatic heterocycles. The maximum atomic E-state index is 2.45. The second kappa shape index (κ2) is 3.11. The van der Waals surface area contributed by atoms with Crippen molar-refractivity contribution in [2.24, 2.45) is 5.41 Å². The average Bonchev–Trinajstić information content (AvgIpc) is 1.21. The van der Waals surface area contributed by atoms with Crippen LogP contribution in [0.1, 0.15) is 20.8 Å². The van der Waals surface area contributed by atoms with Crippen molar-refractivity contribution in [2.75, 3.05) is 0 Å². The topological polar surface area (TPSA) is 0 Å². The van der Waals surface area contributed by atoms with Crippen molar-refractivity contribution in [3.63, 3.8) is 0 Å². The van der Waals surface area contributed by atoms with Gasteiger partial charge in [-0.3, -0.25) is 0 Å². The van der Waals surface area contributed by atoms with Crippen LogP contribution in [0, 0.1) is 5.41 Å². The van der Waals surface area contributed by atoms with Crippen LogP contribution in [0.25, 0.3) is 0 Å². The molecule has 8 heavy (non-hydrogen) atoms. The van der Waals surface area contributed by atoms with E-state index in [9.17, 15) is 0 Å². The fourth-order valence-electron chi connectivity index (χ4n) is 0.949. The Labute approximate surface area is 60.6 Å². The van der Waals surface area contributed by atoms with Crippen molar-refractivity contribution in [2.45, 2.75) is 34.9 Å². The van der Waals surface area contributed by atoms with Crippen LogP contribution < -0.4 is 0 Å². The third-order valence-electron chi connectivity index (χ3n) is 0.791. The Balaban J connectivity index is 3.39. The third-order valence-corrected chi connectivity index (χ3v) is 5.30. The van der Waals surface area contributed by atoms with Gasteiger partial charge in [-0.2, -0.15) is 0 Å². The standard InChI is InChI=1S/C5H11.2CH3.Sb/c1-5(2,3)4;;;/h1H2,2-4H3;2*1H3;. The first kappa shape index (κ1) is 8.82. The Morgan fingerprint density at radius 3 is 1.50 bits per heavy atom. The number of hydrogen-bond acceptors (Lipinski definition) is 0. The zero-order valence-electron chi connectivity index (χ0n) is 6.65. The SMILES string of the molecule is [CH3][Sb]([CH3])[CH2]C(C)(C)C. The summed E-state index contributed by atoms with van der Waals surface area (Å²) in [6, 6.07) is 0. The van der Waals surface area contributed by atoms with Crippen LogP contribution in [0.3, 0.4) is 0 Å². The Morgan fingerprint density at radius 1 is 1.12 bits per heavy atom. The van der Waals surface area contributed by atoms with Gasteiger partial charge in [0.05, 0.1) is 0 Å². The number of rotatable bonds is 1. The summed E-state index contributed by atoms with van der Waals surface area (Å²) in [7, 11) is 0. The van der Waals surface area contributed by atoms with Crippen LogP contribution in [0.2, 0.25) is 14.1 Å². The summed E-state index contributed by atoms with van der Waals surface area (Å²) in [5, 5.41) is 0. The van der Waals surface area contributed by atoms with E-state index < -0.39 is 20.2 Å². The Bertz CT molecular complexity index is 59.3. The van der Waals surface area contributed by atoms with E-state index in [2.05, 4.69) is 30.5 Å². The molecule has 0 spiro atoms. The quantitative estimate of drug-likeness (QED) is 0.599. The van der Waals surface area contributed by atoms with Crippen molar-refractivity contribution in [3.8, 4) is 0 Å². The normalized spacial score (nSPS) is 12.8. The Kier molecular flexibility index (Phi) is 3.42. The predicted molar refractivity (Wildman–Crippen MR) is 41.7 cm³/mol. The molecule has 0 aliphatic carbocycles. The summed E-state index contributed by atoms with van der Waals surface area (Å²) < 4.78 is 1.51. The van der Waals surface area contributed by atoms with E-state index in [1.165, 1.54) is 4.37 Å². The van der Waals surface area contributed by atoms with Gasteiger partial charge in [-0.1, -0.05) is 0 Å². The molecule has 0 saturated carbocycles. The molecule has 0 nitrogen and oxygen atoms in total. The molecule has 0 rings (SSSR count). The predicted octanol–water partition coefficient (Wildman–Crippen LogP) is 2.79. The molecule has 0 aromatic rings. The minimum atomic E-state index is -0.660. The van der Waals surface area contributed by atoms with Gasteiger partial charge in [-0.25, -0.2) is 0 Å². The molecule has 0 N–H and O–H groups in total. The van der Waals surface area contributed by atoms with Gasteiger partial charge in [0.2, 0.25) is 0 Å². The molecule has 0 atom stereocenters. The van der Waals surface area contributed by atoms with Crippen LogP contribution in [-0.2, 0) is 0 Å². The van der Waals surface area contributed by atoms with Crippen LogP contribution in [-0.4, -0.2) is 20.2 Å². The first-order chi connectivity index (χ1) is 3.42. The molecule has 0 aliphatic rings. The van der Waals surface area contributed by atoms with E-state index >= 15 is 0 Å². The van der Waals surface area contributed by atoms with Gasteiger partial charge in [0.15, 0.2) is 0 Å². The van der Waals surface area contributed by atoms with Gasteiger partial charge in [-0.05, 0) is 0 Å². The molecule has 0 unspecified atom stereocenters. The van der Waals surface area contributed by atoms with Gasteiger partial charge >= 0.3 is 60.5 Å². The molecular weight excluding hydrogens is 206 g/mol. The summed E-state index contributed by atoms with van der Waals surface area (Å²) in [6.07, 6.45) is 0. The van der Waals surface area contributed by atoms with Crippen molar-refractivity contribution in [3.05, 3.63) is 0 Å². The maximum absolute atomic E-state index is 2.45. The molecular formula is C7H17Sb. The van der Waals surface area contributed by atoms with Crippen molar-refractivity contribution in [1.29, 1.82) is 0 Å². The molecule has 0 fully saturated rings. The fraction of sp³-hybridized carbons (Fsp3) is 1.00. The second-order valence-electron chi connectivity index (χ2n) is 3.80. The molecule has 0 radical (unpaired) electrons. The van der Waals surface area contributed by atoms with Crippen molar-refractivity contribution in [1.82, 2.24) is 0 Å². The molecule has 0 amide bonds. The van der Waals surface area contributed by atoms with Gasteiger partial charge in [-0.15, -0.1) is 0 Å². The first-order valence-corrected chi connectivity index (χ1v) is 9.97. The van der Waals surface area contributed by atoms with E-state index in [1.54, 1.807) is 0 Å². The zero-order valence-corrected chi connectivity index (χ0v) is 9.21. The van der Waals surface area contributed by atoms with Gasteiger partial charge in [0, 0.05) is 0 Å². The zero-order chi connectivity index (χ0) is 6.78. The molecule has 50 valence electrons. The van der Waals surface area contributed by atoms with E-state index in [0.717, 1.165) is 0 Å². The minimum absolute atomic E-state index is 0.603. The summed E-state index contributed by atoms with van der Waals surface area (Å²) >= 11 is -0.660. The third kappa shape index (κ3) is 6.82. The van der Waals surface area contributed by atoms with E-state index in [4.69, 9.17) is 0 Å². The van der Waals surface area contributed by atoms with Crippen LogP contribution in [0.4, 0.5) is 0 Å². The Morgan fingerprint density at radius 2 is 1.50 bits per heavy atom. The average molecular weight is 223 g/mol.